The molecule has 0 aromatic heterocycles. The van der Waals surface area contributed by atoms with Crippen LogP contribution in [0.15, 0.2) is 97.1 Å². The Morgan fingerprint density at radius 1 is 0.357 bits per heavy atom. The monoisotopic (exact) mass is 738 g/mol. The molecule has 0 spiro atoms. The van der Waals surface area contributed by atoms with Gasteiger partial charge in [-0.3, -0.25) is 14.9 Å². The number of hydrogen-bond acceptors (Lipinski definition) is 3. The van der Waals surface area contributed by atoms with Gasteiger partial charge in [-0.05, 0) is 99.9 Å². The van der Waals surface area contributed by atoms with Gasteiger partial charge in [0.1, 0.15) is 0 Å². The Balaban J connectivity index is 1.24. The van der Waals surface area contributed by atoms with E-state index in [1.165, 1.54) is 22.3 Å². The number of rotatable bonds is 2. The molecule has 0 bridgehead atoms. The van der Waals surface area contributed by atoms with E-state index in [-0.39, 0.29) is 32.5 Å². The minimum Gasteiger partial charge on any atom is -0.353 e. The molecule has 2 amide bonds. The third-order valence-corrected chi connectivity index (χ3v) is 16.7. The van der Waals surface area contributed by atoms with E-state index in [4.69, 9.17) is 0 Å². The van der Waals surface area contributed by atoms with Crippen molar-refractivity contribution in [3.05, 3.63) is 130 Å². The molecular formula is C52H54N2O2. The summed E-state index contributed by atoms with van der Waals surface area (Å²) in [6, 6.07) is 34.2. The summed E-state index contributed by atoms with van der Waals surface area (Å²) in [5.74, 6) is -0.838. The van der Waals surface area contributed by atoms with Gasteiger partial charge >= 0.3 is 0 Å². The molecule has 0 saturated heterocycles. The van der Waals surface area contributed by atoms with Crippen LogP contribution in [0.25, 0.3) is 43.8 Å². The van der Waals surface area contributed by atoms with Crippen molar-refractivity contribution >= 4 is 44.7 Å². The van der Waals surface area contributed by atoms with Crippen molar-refractivity contribution in [3.8, 4) is 22.3 Å². The van der Waals surface area contributed by atoms with Crippen LogP contribution in [-0.2, 0) is 21.7 Å². The minimum atomic E-state index is -0.419. The number of anilines is 2. The standard InChI is InChI=1S/C52H54N2O2/c1-47(2)39-23-21-29(25-41(39)49(5,6)51(47,9)10)35-27-37-43(33-19-15-13-17-31(33)35)53-44-34-20-16-14-18-32(34)36(28-38(44)46(56)54-45(37)55)30-22-24-40-42(26-30)50(7,8)52(11,12)48(40,3)4/h13-28,53H,1-12H3,(H,54,55,56). The van der Waals surface area contributed by atoms with Gasteiger partial charge in [-0.1, -0.05) is 168 Å². The quantitative estimate of drug-likeness (QED) is 0.174. The van der Waals surface area contributed by atoms with E-state index in [0.29, 0.717) is 22.5 Å². The number of fused-ring (bicyclic) bond motifs is 8. The summed E-state index contributed by atoms with van der Waals surface area (Å²) < 4.78 is 0. The summed E-state index contributed by atoms with van der Waals surface area (Å²) in [6.45, 7) is 28.3. The van der Waals surface area contributed by atoms with Crippen molar-refractivity contribution in [1.29, 1.82) is 0 Å². The molecule has 2 N–H and O–H groups in total. The molecule has 0 fully saturated rings. The first-order valence-electron chi connectivity index (χ1n) is 20.2. The molecule has 3 aliphatic rings. The number of hydrogen-bond donors (Lipinski definition) is 2. The molecule has 4 heteroatoms. The first-order chi connectivity index (χ1) is 26.1. The van der Waals surface area contributed by atoms with Crippen LogP contribution < -0.4 is 10.6 Å². The lowest BCUT2D eigenvalue weighted by Crippen LogP contribution is -2.42. The van der Waals surface area contributed by atoms with Crippen LogP contribution >= 0.6 is 0 Å². The fourth-order valence-corrected chi connectivity index (χ4v) is 10.7. The van der Waals surface area contributed by atoms with Gasteiger partial charge < -0.3 is 5.32 Å². The number of imide groups is 1. The SMILES string of the molecule is CC1(C)c2ccc(-c3cc4c(c5ccccc35)Nc3c(cc(-c5ccc6c(c5)C(C)(C)C(C)(C)C6(C)C)c5ccccc35)C(=O)NC4=O)cc2C(C)(C)C1(C)C. The molecule has 1 heterocycles. The van der Waals surface area contributed by atoms with E-state index >= 15 is 0 Å². The third-order valence-electron chi connectivity index (χ3n) is 16.7. The molecule has 0 unspecified atom stereocenters. The van der Waals surface area contributed by atoms with E-state index in [9.17, 15) is 9.59 Å². The minimum absolute atomic E-state index is 0.0103. The predicted octanol–water partition coefficient (Wildman–Crippen LogP) is 13.1. The molecular weight excluding hydrogens is 685 g/mol. The van der Waals surface area contributed by atoms with Gasteiger partial charge in [-0.15, -0.1) is 0 Å². The number of amides is 2. The average molecular weight is 739 g/mol. The average Bonchev–Trinajstić information content (AvgIpc) is 3.33. The summed E-state index contributed by atoms with van der Waals surface area (Å²) in [7, 11) is 0. The number of benzene rings is 6. The van der Waals surface area contributed by atoms with Crippen molar-refractivity contribution in [1.82, 2.24) is 5.32 Å². The lowest BCUT2D eigenvalue weighted by Gasteiger charge is -2.44. The van der Waals surface area contributed by atoms with E-state index in [1.54, 1.807) is 0 Å². The fraction of sp³-hybridized carbons (Fsp3) is 0.346. The van der Waals surface area contributed by atoms with Crippen molar-refractivity contribution in [2.75, 3.05) is 5.32 Å². The largest absolute Gasteiger partial charge is 0.353 e. The summed E-state index contributed by atoms with van der Waals surface area (Å²) in [6.07, 6.45) is 0. The molecule has 0 saturated carbocycles. The highest BCUT2D eigenvalue weighted by Gasteiger charge is 2.58. The highest BCUT2D eigenvalue weighted by molar-refractivity contribution is 6.24. The number of carbonyl (C=O) groups is 2. The third kappa shape index (κ3) is 4.42. The predicted molar refractivity (Wildman–Crippen MR) is 234 cm³/mol. The summed E-state index contributed by atoms with van der Waals surface area (Å²) >= 11 is 0. The fourth-order valence-electron chi connectivity index (χ4n) is 10.7. The van der Waals surface area contributed by atoms with Crippen LogP contribution in [0.1, 0.15) is 126 Å². The number of carbonyl (C=O) groups excluding carboxylic acids is 2. The molecule has 9 rings (SSSR count). The highest BCUT2D eigenvalue weighted by Crippen LogP contribution is 2.63. The van der Waals surface area contributed by atoms with Gasteiger partial charge in [0.25, 0.3) is 11.8 Å². The van der Waals surface area contributed by atoms with Crippen LogP contribution in [0, 0.1) is 10.8 Å². The Bertz CT molecular complexity index is 2550. The Labute approximate surface area is 332 Å². The van der Waals surface area contributed by atoms with Gasteiger partial charge in [0, 0.05) is 10.8 Å². The van der Waals surface area contributed by atoms with Gasteiger partial charge in [-0.25, -0.2) is 0 Å². The van der Waals surface area contributed by atoms with Gasteiger partial charge in [0.15, 0.2) is 0 Å². The molecule has 284 valence electrons. The zero-order chi connectivity index (χ0) is 40.1. The molecule has 4 nitrogen and oxygen atoms in total. The van der Waals surface area contributed by atoms with Gasteiger partial charge in [-0.2, -0.15) is 0 Å². The first kappa shape index (κ1) is 36.4. The maximum atomic E-state index is 14.3. The second-order valence-electron chi connectivity index (χ2n) is 20.0. The van der Waals surface area contributed by atoms with E-state index < -0.39 is 11.8 Å². The number of nitrogens with one attached hydrogen (secondary N) is 2. The highest BCUT2D eigenvalue weighted by atomic mass is 16.2. The molecule has 56 heavy (non-hydrogen) atoms. The topological polar surface area (TPSA) is 58.2 Å². The lowest BCUT2D eigenvalue weighted by molar-refractivity contribution is 0.0849. The van der Waals surface area contributed by atoms with E-state index in [1.807, 2.05) is 24.3 Å². The van der Waals surface area contributed by atoms with Crippen molar-refractivity contribution < 1.29 is 9.59 Å². The molecule has 2 aliphatic carbocycles. The second kappa shape index (κ2) is 11.2. The Kier molecular flexibility index (Phi) is 7.29. The normalized spacial score (nSPS) is 20.3. The molecule has 1 aliphatic heterocycles. The zero-order valence-corrected chi connectivity index (χ0v) is 35.1. The molecule has 6 aromatic carbocycles. The van der Waals surface area contributed by atoms with Crippen LogP contribution in [0.5, 0.6) is 0 Å². The van der Waals surface area contributed by atoms with Crippen LogP contribution in [0.4, 0.5) is 11.4 Å². The Hall–Kier alpha value is -5.22. The van der Waals surface area contributed by atoms with E-state index in [0.717, 1.165) is 43.8 Å². The van der Waals surface area contributed by atoms with Crippen molar-refractivity contribution in [2.24, 2.45) is 10.8 Å². The van der Waals surface area contributed by atoms with Gasteiger partial charge in [0.05, 0.1) is 22.5 Å². The van der Waals surface area contributed by atoms with Crippen molar-refractivity contribution in [2.45, 2.75) is 105 Å². The summed E-state index contributed by atoms with van der Waals surface area (Å²) in [5.41, 5.74) is 11.7. The summed E-state index contributed by atoms with van der Waals surface area (Å²) in [5, 5.41) is 10.5. The summed E-state index contributed by atoms with van der Waals surface area (Å²) in [4.78, 5) is 28.7. The van der Waals surface area contributed by atoms with Crippen LogP contribution in [-0.4, -0.2) is 11.8 Å². The van der Waals surface area contributed by atoms with E-state index in [2.05, 4.69) is 167 Å². The second-order valence-corrected chi connectivity index (χ2v) is 20.0. The Morgan fingerprint density at radius 3 is 1.07 bits per heavy atom. The van der Waals surface area contributed by atoms with Crippen LogP contribution in [0.2, 0.25) is 0 Å². The Morgan fingerprint density at radius 2 is 0.696 bits per heavy atom. The smallest absolute Gasteiger partial charge is 0.260 e. The molecule has 6 aromatic rings. The molecule has 0 radical (unpaired) electrons. The van der Waals surface area contributed by atoms with Gasteiger partial charge in [0.2, 0.25) is 0 Å². The van der Waals surface area contributed by atoms with Crippen LogP contribution in [0.3, 0.4) is 0 Å². The zero-order valence-electron chi connectivity index (χ0n) is 35.1. The van der Waals surface area contributed by atoms with Crippen molar-refractivity contribution in [3.63, 3.8) is 0 Å². The maximum absolute atomic E-state index is 14.3. The first-order valence-corrected chi connectivity index (χ1v) is 20.2. The molecule has 0 atom stereocenters. The maximum Gasteiger partial charge on any atom is 0.260 e. The lowest BCUT2D eigenvalue weighted by atomic mass is 9.59.